The fraction of sp³-hybridized carbons (Fsp3) is 0.158. The molecule has 1 aliphatic rings. The van der Waals surface area contributed by atoms with Crippen LogP contribution in [0.4, 0.5) is 5.82 Å². The number of nitrogens with zero attached hydrogens (tertiary/aromatic N) is 2. The molecular weight excluding hydrogens is 302 g/mol. The Bertz CT molecular complexity index is 926. The Labute approximate surface area is 139 Å². The maximum Gasteiger partial charge on any atom is 0.335 e. The van der Waals surface area contributed by atoms with E-state index in [1.807, 2.05) is 10.7 Å². The summed E-state index contributed by atoms with van der Waals surface area (Å²) < 4.78 is 1.81. The van der Waals surface area contributed by atoms with Crippen LogP contribution in [-0.2, 0) is 6.42 Å². The molecule has 0 amide bonds. The van der Waals surface area contributed by atoms with Crippen molar-refractivity contribution in [1.82, 2.24) is 9.78 Å². The first-order valence-corrected chi connectivity index (χ1v) is 7.90. The van der Waals surface area contributed by atoms with Gasteiger partial charge in [0.15, 0.2) is 0 Å². The molecule has 2 heterocycles. The summed E-state index contributed by atoms with van der Waals surface area (Å²) >= 11 is 0. The van der Waals surface area contributed by atoms with Gasteiger partial charge in [-0.05, 0) is 31.5 Å². The molecule has 5 nitrogen and oxygen atoms in total. The van der Waals surface area contributed by atoms with E-state index in [-0.39, 0.29) is 5.56 Å². The smallest absolute Gasteiger partial charge is 0.335 e. The summed E-state index contributed by atoms with van der Waals surface area (Å²) in [5.74, 6) is 0.0143. The van der Waals surface area contributed by atoms with Gasteiger partial charge in [-0.15, -0.1) is 0 Å². The first-order valence-electron chi connectivity index (χ1n) is 7.90. The van der Waals surface area contributed by atoms with E-state index in [1.54, 1.807) is 18.2 Å². The summed E-state index contributed by atoms with van der Waals surface area (Å²) in [6.45, 7) is 2.93. The molecule has 2 aromatic carbocycles. The van der Waals surface area contributed by atoms with Crippen LogP contribution in [0.2, 0.25) is 0 Å². The number of aromatic nitrogens is 2. The van der Waals surface area contributed by atoms with E-state index in [2.05, 4.69) is 36.5 Å². The van der Waals surface area contributed by atoms with E-state index in [0.29, 0.717) is 0 Å². The molecule has 0 unspecified atom stereocenters. The minimum Gasteiger partial charge on any atom is -0.478 e. The average Bonchev–Trinajstić information content (AvgIpc) is 3.18. The van der Waals surface area contributed by atoms with Gasteiger partial charge in [-0.2, -0.15) is 5.10 Å². The molecule has 0 saturated heterocycles. The molecule has 0 saturated carbocycles. The van der Waals surface area contributed by atoms with E-state index in [4.69, 9.17) is 5.10 Å². The minimum absolute atomic E-state index is 0.256. The Morgan fingerprint density at radius 2 is 2.00 bits per heavy atom. The maximum atomic E-state index is 11.2. The van der Waals surface area contributed by atoms with Crippen molar-refractivity contribution in [3.63, 3.8) is 0 Å². The second-order valence-corrected chi connectivity index (χ2v) is 5.99. The van der Waals surface area contributed by atoms with Crippen molar-refractivity contribution < 1.29 is 9.90 Å². The van der Waals surface area contributed by atoms with E-state index >= 15 is 0 Å². The van der Waals surface area contributed by atoms with Crippen molar-refractivity contribution in [2.24, 2.45) is 0 Å². The lowest BCUT2D eigenvalue weighted by molar-refractivity contribution is 0.0697. The summed E-state index contributed by atoms with van der Waals surface area (Å²) in [5.41, 5.74) is 5.43. The third kappa shape index (κ3) is 2.34. The van der Waals surface area contributed by atoms with Crippen LogP contribution in [-0.4, -0.2) is 27.4 Å². The maximum absolute atomic E-state index is 11.2. The molecule has 4 rings (SSSR count). The monoisotopic (exact) mass is 319 g/mol. The highest BCUT2D eigenvalue weighted by Crippen LogP contribution is 2.34. The fourth-order valence-corrected chi connectivity index (χ4v) is 3.08. The second kappa shape index (κ2) is 5.53. The third-order valence-electron chi connectivity index (χ3n) is 4.31. The SMILES string of the molecule is Cc1ccc(-c2nn(-c3cccc(C(=O)O)c3)c3c2CCN3)cc1. The number of aryl methyl sites for hydroxylation is 1. The van der Waals surface area contributed by atoms with E-state index in [0.717, 1.165) is 35.7 Å². The van der Waals surface area contributed by atoms with Gasteiger partial charge in [-0.3, -0.25) is 0 Å². The molecule has 0 atom stereocenters. The zero-order valence-corrected chi connectivity index (χ0v) is 13.3. The number of hydrogen-bond acceptors (Lipinski definition) is 3. The number of carbonyl (C=O) groups is 1. The van der Waals surface area contributed by atoms with E-state index in [1.165, 1.54) is 11.1 Å². The van der Waals surface area contributed by atoms with Crippen molar-refractivity contribution >= 4 is 11.8 Å². The van der Waals surface area contributed by atoms with Crippen LogP contribution < -0.4 is 5.32 Å². The minimum atomic E-state index is -0.938. The Kier molecular flexibility index (Phi) is 3.34. The van der Waals surface area contributed by atoms with Gasteiger partial charge in [-0.25, -0.2) is 9.48 Å². The standard InChI is InChI=1S/C19H17N3O2/c1-12-5-7-13(8-6-12)17-16-9-10-20-18(16)22(21-17)15-4-2-3-14(11-15)19(23)24/h2-8,11,20H,9-10H2,1H3,(H,23,24). The van der Waals surface area contributed by atoms with Crippen LogP contribution in [0, 0.1) is 6.92 Å². The highest BCUT2D eigenvalue weighted by Gasteiger charge is 2.24. The van der Waals surface area contributed by atoms with Crippen LogP contribution in [0.3, 0.4) is 0 Å². The van der Waals surface area contributed by atoms with Gasteiger partial charge < -0.3 is 10.4 Å². The van der Waals surface area contributed by atoms with Crippen LogP contribution in [0.15, 0.2) is 48.5 Å². The first-order chi connectivity index (χ1) is 11.6. The van der Waals surface area contributed by atoms with Crippen molar-refractivity contribution in [2.45, 2.75) is 13.3 Å². The highest BCUT2D eigenvalue weighted by molar-refractivity contribution is 5.88. The fourth-order valence-electron chi connectivity index (χ4n) is 3.08. The number of nitrogens with one attached hydrogen (secondary N) is 1. The lowest BCUT2D eigenvalue weighted by Crippen LogP contribution is -2.05. The van der Waals surface area contributed by atoms with Gasteiger partial charge in [0.2, 0.25) is 0 Å². The van der Waals surface area contributed by atoms with Crippen LogP contribution >= 0.6 is 0 Å². The molecule has 1 aromatic heterocycles. The number of fused-ring (bicyclic) bond motifs is 1. The Morgan fingerprint density at radius 1 is 1.21 bits per heavy atom. The molecule has 0 aliphatic carbocycles. The van der Waals surface area contributed by atoms with Crippen molar-refractivity contribution in [2.75, 3.05) is 11.9 Å². The lowest BCUT2D eigenvalue weighted by Gasteiger charge is -2.07. The number of hydrogen-bond donors (Lipinski definition) is 2. The number of benzene rings is 2. The Hall–Kier alpha value is -3.08. The summed E-state index contributed by atoms with van der Waals surface area (Å²) in [6.07, 6.45) is 0.914. The lowest BCUT2D eigenvalue weighted by atomic mass is 10.1. The largest absolute Gasteiger partial charge is 0.478 e. The zero-order valence-electron chi connectivity index (χ0n) is 13.3. The highest BCUT2D eigenvalue weighted by atomic mass is 16.4. The predicted octanol–water partition coefficient (Wildman–Crippen LogP) is 3.51. The normalized spacial score (nSPS) is 12.7. The number of carboxylic acids is 1. The van der Waals surface area contributed by atoms with Gasteiger partial charge in [0.1, 0.15) is 5.82 Å². The molecule has 3 aromatic rings. The zero-order chi connectivity index (χ0) is 16.7. The van der Waals surface area contributed by atoms with Gasteiger partial charge >= 0.3 is 5.97 Å². The summed E-state index contributed by atoms with van der Waals surface area (Å²) in [4.78, 5) is 11.2. The summed E-state index contributed by atoms with van der Waals surface area (Å²) in [7, 11) is 0. The topological polar surface area (TPSA) is 67.2 Å². The summed E-state index contributed by atoms with van der Waals surface area (Å²) in [5, 5.41) is 17.3. The first kappa shape index (κ1) is 14.5. The number of aromatic carboxylic acids is 1. The molecule has 24 heavy (non-hydrogen) atoms. The predicted molar refractivity (Wildman–Crippen MR) is 92.9 cm³/mol. The molecule has 2 N–H and O–H groups in total. The Balaban J connectivity index is 1.86. The molecule has 120 valence electrons. The third-order valence-corrected chi connectivity index (χ3v) is 4.31. The molecule has 5 heteroatoms. The molecule has 0 spiro atoms. The van der Waals surface area contributed by atoms with Crippen LogP contribution in [0.5, 0.6) is 0 Å². The Morgan fingerprint density at radius 3 is 2.75 bits per heavy atom. The van der Waals surface area contributed by atoms with Crippen molar-refractivity contribution in [3.8, 4) is 16.9 Å². The average molecular weight is 319 g/mol. The van der Waals surface area contributed by atoms with Crippen molar-refractivity contribution in [1.29, 1.82) is 0 Å². The number of carboxylic acid groups (broad SMARTS) is 1. The molecular formula is C19H17N3O2. The van der Waals surface area contributed by atoms with E-state index < -0.39 is 5.97 Å². The summed E-state index contributed by atoms with van der Waals surface area (Å²) in [6, 6.07) is 15.2. The quantitative estimate of drug-likeness (QED) is 0.775. The second-order valence-electron chi connectivity index (χ2n) is 5.99. The molecule has 1 aliphatic heterocycles. The van der Waals surface area contributed by atoms with Gasteiger partial charge in [-0.1, -0.05) is 35.9 Å². The number of rotatable bonds is 3. The number of anilines is 1. The van der Waals surface area contributed by atoms with Gasteiger partial charge in [0.05, 0.1) is 16.9 Å². The van der Waals surface area contributed by atoms with Crippen LogP contribution in [0.1, 0.15) is 21.5 Å². The van der Waals surface area contributed by atoms with E-state index in [9.17, 15) is 9.90 Å². The van der Waals surface area contributed by atoms with Crippen LogP contribution in [0.25, 0.3) is 16.9 Å². The van der Waals surface area contributed by atoms with Gasteiger partial charge in [0, 0.05) is 17.7 Å². The molecule has 0 bridgehead atoms. The molecule has 0 fully saturated rings. The van der Waals surface area contributed by atoms with Crippen molar-refractivity contribution in [3.05, 3.63) is 65.2 Å². The molecule has 0 radical (unpaired) electrons. The van der Waals surface area contributed by atoms with Gasteiger partial charge in [0.25, 0.3) is 0 Å².